The van der Waals surface area contributed by atoms with Gasteiger partial charge >= 0.3 is 0 Å². The Morgan fingerprint density at radius 2 is 1.90 bits per heavy atom. The average Bonchev–Trinajstić information content (AvgIpc) is 3.31. The molecule has 0 spiro atoms. The molecular weight excluding hydrogens is 422 g/mol. The van der Waals surface area contributed by atoms with Crippen molar-refractivity contribution in [3.8, 4) is 5.75 Å². The first-order chi connectivity index (χ1) is 14.4. The molecule has 0 aliphatic carbocycles. The molecule has 1 N–H and O–H groups in total. The van der Waals surface area contributed by atoms with Gasteiger partial charge in [-0.3, -0.25) is 9.69 Å². The van der Waals surface area contributed by atoms with E-state index in [2.05, 4.69) is 10.2 Å². The van der Waals surface area contributed by atoms with E-state index in [1.54, 1.807) is 24.6 Å². The minimum absolute atomic E-state index is 0.0411. The Morgan fingerprint density at radius 1 is 1.20 bits per heavy atom. The monoisotopic (exact) mass is 451 g/mol. The van der Waals surface area contributed by atoms with Crippen molar-refractivity contribution >= 4 is 27.3 Å². The van der Waals surface area contributed by atoms with Crippen LogP contribution in [0.4, 0.5) is 0 Å². The number of carbonyl (C=O) groups excluding carboxylic acids is 1. The van der Waals surface area contributed by atoms with Crippen LogP contribution < -0.4 is 10.1 Å². The number of likely N-dealkylation sites (tertiary alicyclic amines) is 1. The summed E-state index contributed by atoms with van der Waals surface area (Å²) in [5.41, 5.74) is 1.11. The first-order valence-electron chi connectivity index (χ1n) is 10.1. The van der Waals surface area contributed by atoms with Crippen molar-refractivity contribution in [3.05, 3.63) is 47.3 Å². The molecule has 1 amide bonds. The maximum atomic E-state index is 12.5. The number of hydrogen-bond donors (Lipinski definition) is 1. The summed E-state index contributed by atoms with van der Waals surface area (Å²) >= 11 is 1.14. The third-order valence-electron chi connectivity index (χ3n) is 5.35. The Morgan fingerprint density at radius 3 is 2.50 bits per heavy atom. The number of rotatable bonds is 9. The minimum Gasteiger partial charge on any atom is -0.497 e. The number of benzene rings is 1. The molecule has 0 bridgehead atoms. The molecule has 1 unspecified atom stereocenters. The van der Waals surface area contributed by atoms with E-state index in [9.17, 15) is 13.2 Å². The van der Waals surface area contributed by atoms with Crippen LogP contribution in [0, 0.1) is 0 Å². The lowest BCUT2D eigenvalue weighted by molar-refractivity contribution is -0.121. The van der Waals surface area contributed by atoms with E-state index < -0.39 is 10.0 Å². The number of thiophene rings is 1. The second-order valence-corrected chi connectivity index (χ2v) is 10.6. The molecular formula is C21H29N3O4S2. The first-order valence-corrected chi connectivity index (χ1v) is 12.4. The quantitative estimate of drug-likeness (QED) is 0.634. The maximum Gasteiger partial charge on any atom is 0.252 e. The number of ether oxygens (including phenoxy) is 1. The normalized spacial score (nSPS) is 16.4. The van der Waals surface area contributed by atoms with Crippen molar-refractivity contribution in [2.75, 3.05) is 40.3 Å². The number of sulfonamides is 1. The van der Waals surface area contributed by atoms with Gasteiger partial charge in [0.05, 0.1) is 19.7 Å². The summed E-state index contributed by atoms with van der Waals surface area (Å²) in [6, 6.07) is 11.2. The Hall–Kier alpha value is -1.94. The summed E-state index contributed by atoms with van der Waals surface area (Å²) in [7, 11) is -0.575. The lowest BCUT2D eigenvalue weighted by Gasteiger charge is -2.35. The van der Waals surface area contributed by atoms with E-state index in [4.69, 9.17) is 4.74 Å². The number of nitrogens with zero attached hydrogens (tertiary/aromatic N) is 2. The van der Waals surface area contributed by atoms with Crippen molar-refractivity contribution in [3.63, 3.8) is 0 Å². The number of likely N-dealkylation sites (N-methyl/N-ethyl adjacent to an activating group) is 1. The molecule has 1 aliphatic rings. The highest BCUT2D eigenvalue weighted by molar-refractivity contribution is 7.91. The number of carbonyl (C=O) groups is 1. The van der Waals surface area contributed by atoms with Gasteiger partial charge in [-0.15, -0.1) is 11.3 Å². The second kappa shape index (κ2) is 10.4. The van der Waals surface area contributed by atoms with Gasteiger partial charge in [0.15, 0.2) is 0 Å². The van der Waals surface area contributed by atoms with Gasteiger partial charge in [0.1, 0.15) is 9.96 Å². The summed E-state index contributed by atoms with van der Waals surface area (Å²) < 4.78 is 31.7. The molecule has 1 aromatic carbocycles. The van der Waals surface area contributed by atoms with Crippen molar-refractivity contribution < 1.29 is 17.9 Å². The molecule has 1 aromatic heterocycles. The van der Waals surface area contributed by atoms with Crippen LogP contribution in [0.2, 0.25) is 0 Å². The van der Waals surface area contributed by atoms with Gasteiger partial charge in [-0.05, 0) is 55.1 Å². The van der Waals surface area contributed by atoms with Gasteiger partial charge in [0.2, 0.25) is 5.91 Å². The van der Waals surface area contributed by atoms with Crippen LogP contribution in [-0.2, 0) is 14.8 Å². The van der Waals surface area contributed by atoms with E-state index in [0.717, 1.165) is 52.9 Å². The molecule has 0 radical (unpaired) electrons. The smallest absolute Gasteiger partial charge is 0.252 e. The van der Waals surface area contributed by atoms with Crippen LogP contribution in [0.5, 0.6) is 5.75 Å². The van der Waals surface area contributed by atoms with E-state index in [1.807, 2.05) is 24.3 Å². The molecule has 1 aliphatic heterocycles. The van der Waals surface area contributed by atoms with E-state index in [1.165, 1.54) is 13.5 Å². The highest BCUT2D eigenvalue weighted by Crippen LogP contribution is 2.26. The zero-order chi connectivity index (χ0) is 21.6. The molecule has 3 rings (SSSR count). The average molecular weight is 452 g/mol. The van der Waals surface area contributed by atoms with Crippen molar-refractivity contribution in [2.24, 2.45) is 0 Å². The topological polar surface area (TPSA) is 79.0 Å². The molecule has 7 nitrogen and oxygen atoms in total. The molecule has 0 saturated carbocycles. The molecule has 1 fully saturated rings. The summed E-state index contributed by atoms with van der Waals surface area (Å²) in [4.78, 5) is 14.9. The number of piperidine rings is 1. The first kappa shape index (κ1) is 22.7. The zero-order valence-electron chi connectivity index (χ0n) is 17.4. The van der Waals surface area contributed by atoms with Gasteiger partial charge < -0.3 is 10.1 Å². The van der Waals surface area contributed by atoms with Gasteiger partial charge in [0, 0.05) is 13.6 Å². The standard InChI is InChI=1S/C21H29N3O4S2/c1-23(30(26,27)21-7-6-14-29-21)16-20(25)22-15-19(24-12-4-3-5-13-24)17-8-10-18(28-2)11-9-17/h6-11,14,19H,3-5,12-13,15-16H2,1-2H3,(H,22,25). The van der Waals surface area contributed by atoms with E-state index >= 15 is 0 Å². The maximum absolute atomic E-state index is 12.5. The Labute approximate surface area is 182 Å². The summed E-state index contributed by atoms with van der Waals surface area (Å²) in [5.74, 6) is 0.480. The van der Waals surface area contributed by atoms with Gasteiger partial charge in [-0.1, -0.05) is 24.6 Å². The lowest BCUT2D eigenvalue weighted by atomic mass is 10.0. The number of amides is 1. The summed E-state index contributed by atoms with van der Waals surface area (Å²) in [5, 5.41) is 4.65. The second-order valence-electron chi connectivity index (χ2n) is 7.38. The third kappa shape index (κ3) is 5.60. The molecule has 1 saturated heterocycles. The highest BCUT2D eigenvalue weighted by atomic mass is 32.2. The van der Waals surface area contributed by atoms with E-state index in [0.29, 0.717) is 6.54 Å². The summed E-state index contributed by atoms with van der Waals surface area (Å²) in [6.45, 7) is 2.19. The fourth-order valence-corrected chi connectivity index (χ4v) is 5.96. The predicted octanol–water partition coefficient (Wildman–Crippen LogP) is 2.72. The van der Waals surface area contributed by atoms with Crippen LogP contribution in [0.1, 0.15) is 30.9 Å². The minimum atomic E-state index is -3.64. The molecule has 2 aromatic rings. The van der Waals surface area contributed by atoms with Crippen molar-refractivity contribution in [1.29, 1.82) is 0 Å². The lowest BCUT2D eigenvalue weighted by Crippen LogP contribution is -2.43. The van der Waals surface area contributed by atoms with Gasteiger partial charge in [-0.25, -0.2) is 8.42 Å². The predicted molar refractivity (Wildman–Crippen MR) is 118 cm³/mol. The fourth-order valence-electron chi connectivity index (χ4n) is 3.63. The highest BCUT2D eigenvalue weighted by Gasteiger charge is 2.26. The molecule has 1 atom stereocenters. The van der Waals surface area contributed by atoms with Gasteiger partial charge in [-0.2, -0.15) is 4.31 Å². The van der Waals surface area contributed by atoms with Crippen LogP contribution in [0.3, 0.4) is 0 Å². The van der Waals surface area contributed by atoms with Crippen LogP contribution in [0.25, 0.3) is 0 Å². The Kier molecular flexibility index (Phi) is 7.87. The third-order valence-corrected chi connectivity index (χ3v) is 8.53. The zero-order valence-corrected chi connectivity index (χ0v) is 19.0. The Balaban J connectivity index is 1.64. The molecule has 9 heteroatoms. The number of hydrogen-bond acceptors (Lipinski definition) is 6. The van der Waals surface area contributed by atoms with Gasteiger partial charge in [0.25, 0.3) is 10.0 Å². The molecule has 30 heavy (non-hydrogen) atoms. The fraction of sp³-hybridized carbons (Fsp3) is 0.476. The largest absolute Gasteiger partial charge is 0.497 e. The van der Waals surface area contributed by atoms with Crippen LogP contribution >= 0.6 is 11.3 Å². The van der Waals surface area contributed by atoms with E-state index in [-0.39, 0.29) is 22.7 Å². The molecule has 164 valence electrons. The SMILES string of the molecule is COc1ccc(C(CNC(=O)CN(C)S(=O)(=O)c2cccs2)N2CCCCC2)cc1. The van der Waals surface area contributed by atoms with Crippen LogP contribution in [-0.4, -0.2) is 63.9 Å². The van der Waals surface area contributed by atoms with Crippen molar-refractivity contribution in [2.45, 2.75) is 29.5 Å². The van der Waals surface area contributed by atoms with Crippen LogP contribution in [0.15, 0.2) is 46.0 Å². The number of methoxy groups -OCH3 is 1. The van der Waals surface area contributed by atoms with Crippen molar-refractivity contribution in [1.82, 2.24) is 14.5 Å². The molecule has 2 heterocycles. The summed E-state index contributed by atoms with van der Waals surface area (Å²) in [6.07, 6.45) is 3.51. The Bertz CT molecular complexity index is 908. The number of nitrogens with one attached hydrogen (secondary N) is 1.